The van der Waals surface area contributed by atoms with Crippen LogP contribution in [-0.2, 0) is 0 Å². The number of ether oxygens (including phenoxy) is 1. The molecule has 0 aliphatic carbocycles. The summed E-state index contributed by atoms with van der Waals surface area (Å²) in [6.07, 6.45) is 5.11. The molecule has 2 aromatic heterocycles. The minimum absolute atomic E-state index is 0.754. The van der Waals surface area contributed by atoms with Gasteiger partial charge in [0.15, 0.2) is 0 Å². The van der Waals surface area contributed by atoms with Gasteiger partial charge in [-0.15, -0.1) is 0 Å². The van der Waals surface area contributed by atoms with Crippen molar-refractivity contribution in [2.75, 3.05) is 26.2 Å². The van der Waals surface area contributed by atoms with Gasteiger partial charge in [-0.2, -0.15) is 5.10 Å². The average Bonchev–Trinajstić information content (AvgIpc) is 3.24. The lowest BCUT2D eigenvalue weighted by Gasteiger charge is -2.15. The Balaban J connectivity index is 1.40. The molecule has 1 saturated heterocycles. The van der Waals surface area contributed by atoms with Gasteiger partial charge in [0.25, 0.3) is 0 Å². The van der Waals surface area contributed by atoms with Gasteiger partial charge in [0, 0.05) is 31.0 Å². The first-order chi connectivity index (χ1) is 11.8. The van der Waals surface area contributed by atoms with Crippen LogP contribution in [-0.4, -0.2) is 40.8 Å². The SMILES string of the molecule is CC1CCN(CCOc2ccc(-c3cccn4nccc34)cc2)C1. The Morgan fingerprint density at radius 1 is 1.17 bits per heavy atom. The van der Waals surface area contributed by atoms with Gasteiger partial charge >= 0.3 is 0 Å². The van der Waals surface area contributed by atoms with Gasteiger partial charge in [0.2, 0.25) is 0 Å². The Bertz CT molecular complexity index is 809. The quantitative estimate of drug-likeness (QED) is 0.717. The molecule has 0 amide bonds. The van der Waals surface area contributed by atoms with Gasteiger partial charge < -0.3 is 4.74 Å². The number of pyridine rings is 1. The van der Waals surface area contributed by atoms with Gasteiger partial charge in [-0.1, -0.05) is 25.1 Å². The minimum Gasteiger partial charge on any atom is -0.492 e. The average molecular weight is 321 g/mol. The Labute approximate surface area is 142 Å². The van der Waals surface area contributed by atoms with Crippen molar-refractivity contribution in [3.8, 4) is 16.9 Å². The molecule has 0 bridgehead atoms. The van der Waals surface area contributed by atoms with E-state index in [1.54, 1.807) is 0 Å². The normalized spacial score (nSPS) is 18.3. The standard InChI is InChI=1S/C20H23N3O/c1-16-9-12-22(15-16)13-14-24-18-6-4-17(5-7-18)19-3-2-11-23-20(19)8-10-21-23/h2-8,10-11,16H,9,12-15H2,1H3. The summed E-state index contributed by atoms with van der Waals surface area (Å²) < 4.78 is 7.81. The van der Waals surface area contributed by atoms with Crippen molar-refractivity contribution in [2.45, 2.75) is 13.3 Å². The van der Waals surface area contributed by atoms with Crippen LogP contribution in [0, 0.1) is 5.92 Å². The van der Waals surface area contributed by atoms with E-state index in [2.05, 4.69) is 47.3 Å². The topological polar surface area (TPSA) is 29.8 Å². The highest BCUT2D eigenvalue weighted by Gasteiger charge is 2.17. The van der Waals surface area contributed by atoms with Crippen LogP contribution in [0.3, 0.4) is 0 Å². The molecular weight excluding hydrogens is 298 g/mol. The van der Waals surface area contributed by atoms with E-state index < -0.39 is 0 Å². The van der Waals surface area contributed by atoms with Crippen molar-refractivity contribution < 1.29 is 4.74 Å². The molecule has 1 unspecified atom stereocenters. The smallest absolute Gasteiger partial charge is 0.119 e. The van der Waals surface area contributed by atoms with Crippen LogP contribution < -0.4 is 4.74 Å². The van der Waals surface area contributed by atoms with E-state index in [0.29, 0.717) is 0 Å². The molecule has 0 N–H and O–H groups in total. The number of benzene rings is 1. The van der Waals surface area contributed by atoms with Crippen molar-refractivity contribution in [1.82, 2.24) is 14.5 Å². The molecule has 4 rings (SSSR count). The Morgan fingerprint density at radius 2 is 2.04 bits per heavy atom. The number of fused-ring (bicyclic) bond motifs is 1. The van der Waals surface area contributed by atoms with E-state index in [4.69, 9.17) is 4.74 Å². The molecule has 3 heterocycles. The van der Waals surface area contributed by atoms with E-state index in [9.17, 15) is 0 Å². The second-order valence-corrected chi connectivity index (χ2v) is 6.65. The maximum absolute atomic E-state index is 5.91. The van der Waals surface area contributed by atoms with E-state index in [-0.39, 0.29) is 0 Å². The second-order valence-electron chi connectivity index (χ2n) is 6.65. The fourth-order valence-corrected chi connectivity index (χ4v) is 3.45. The number of hydrogen-bond acceptors (Lipinski definition) is 3. The zero-order valence-corrected chi connectivity index (χ0v) is 14.1. The van der Waals surface area contributed by atoms with Crippen LogP contribution in [0.1, 0.15) is 13.3 Å². The highest BCUT2D eigenvalue weighted by molar-refractivity contribution is 5.80. The van der Waals surface area contributed by atoms with Crippen LogP contribution in [0.2, 0.25) is 0 Å². The summed E-state index contributed by atoms with van der Waals surface area (Å²) in [6.45, 7) is 6.50. The maximum Gasteiger partial charge on any atom is 0.119 e. The summed E-state index contributed by atoms with van der Waals surface area (Å²) in [5.41, 5.74) is 3.49. The molecule has 0 spiro atoms. The minimum atomic E-state index is 0.754. The molecule has 0 radical (unpaired) electrons. The fraction of sp³-hybridized carbons (Fsp3) is 0.350. The Hall–Kier alpha value is -2.33. The maximum atomic E-state index is 5.91. The van der Waals surface area contributed by atoms with Crippen LogP contribution in [0.4, 0.5) is 0 Å². The highest BCUT2D eigenvalue weighted by atomic mass is 16.5. The van der Waals surface area contributed by atoms with Crippen molar-refractivity contribution in [1.29, 1.82) is 0 Å². The second kappa shape index (κ2) is 6.65. The van der Waals surface area contributed by atoms with Crippen molar-refractivity contribution in [3.63, 3.8) is 0 Å². The lowest BCUT2D eigenvalue weighted by Crippen LogP contribution is -2.25. The van der Waals surface area contributed by atoms with Crippen molar-refractivity contribution in [3.05, 3.63) is 54.9 Å². The Kier molecular flexibility index (Phi) is 4.22. The van der Waals surface area contributed by atoms with Crippen LogP contribution >= 0.6 is 0 Å². The van der Waals surface area contributed by atoms with Crippen LogP contribution in [0.5, 0.6) is 5.75 Å². The number of nitrogens with zero attached hydrogens (tertiary/aromatic N) is 3. The monoisotopic (exact) mass is 321 g/mol. The number of hydrogen-bond donors (Lipinski definition) is 0. The predicted molar refractivity (Wildman–Crippen MR) is 96.3 cm³/mol. The number of likely N-dealkylation sites (tertiary alicyclic amines) is 1. The van der Waals surface area contributed by atoms with Gasteiger partial charge in [0.1, 0.15) is 12.4 Å². The molecule has 3 aromatic rings. The summed E-state index contributed by atoms with van der Waals surface area (Å²) in [5, 5.41) is 4.29. The molecule has 24 heavy (non-hydrogen) atoms. The lowest BCUT2D eigenvalue weighted by molar-refractivity contribution is 0.234. The van der Waals surface area contributed by atoms with E-state index in [1.807, 2.05) is 29.0 Å². The number of aromatic nitrogens is 2. The third kappa shape index (κ3) is 3.15. The summed E-state index contributed by atoms with van der Waals surface area (Å²) in [4.78, 5) is 2.49. The molecular formula is C20H23N3O. The van der Waals surface area contributed by atoms with E-state index >= 15 is 0 Å². The molecule has 1 aromatic carbocycles. The first-order valence-electron chi connectivity index (χ1n) is 8.67. The summed E-state index contributed by atoms with van der Waals surface area (Å²) in [5.74, 6) is 1.77. The van der Waals surface area contributed by atoms with Gasteiger partial charge in [-0.05, 0) is 48.7 Å². The van der Waals surface area contributed by atoms with Crippen molar-refractivity contribution in [2.24, 2.45) is 5.92 Å². The lowest BCUT2D eigenvalue weighted by atomic mass is 10.1. The third-order valence-electron chi connectivity index (χ3n) is 4.79. The molecule has 1 fully saturated rings. The first kappa shape index (κ1) is 15.2. The van der Waals surface area contributed by atoms with Crippen LogP contribution in [0.15, 0.2) is 54.9 Å². The van der Waals surface area contributed by atoms with Crippen LogP contribution in [0.25, 0.3) is 16.6 Å². The van der Waals surface area contributed by atoms with E-state index in [0.717, 1.165) is 30.3 Å². The summed E-state index contributed by atoms with van der Waals surface area (Å²) in [6, 6.07) is 14.5. The van der Waals surface area contributed by atoms with Gasteiger partial charge in [0.05, 0.1) is 5.52 Å². The molecule has 4 heteroatoms. The molecule has 124 valence electrons. The number of rotatable bonds is 5. The first-order valence-corrected chi connectivity index (χ1v) is 8.67. The zero-order valence-electron chi connectivity index (χ0n) is 14.1. The zero-order chi connectivity index (χ0) is 16.4. The summed E-state index contributed by atoms with van der Waals surface area (Å²) >= 11 is 0. The van der Waals surface area contributed by atoms with E-state index in [1.165, 1.54) is 30.6 Å². The fourth-order valence-electron chi connectivity index (χ4n) is 3.45. The summed E-state index contributed by atoms with van der Waals surface area (Å²) in [7, 11) is 0. The molecule has 1 aliphatic heterocycles. The largest absolute Gasteiger partial charge is 0.492 e. The molecule has 1 atom stereocenters. The highest BCUT2D eigenvalue weighted by Crippen LogP contribution is 2.26. The van der Waals surface area contributed by atoms with Gasteiger partial charge in [-0.3, -0.25) is 4.90 Å². The molecule has 0 saturated carbocycles. The predicted octanol–water partition coefficient (Wildman–Crippen LogP) is 3.72. The molecule has 1 aliphatic rings. The molecule has 4 nitrogen and oxygen atoms in total. The third-order valence-corrected chi connectivity index (χ3v) is 4.79. The Morgan fingerprint density at radius 3 is 2.83 bits per heavy atom. The van der Waals surface area contributed by atoms with Gasteiger partial charge in [-0.25, -0.2) is 4.52 Å². The van der Waals surface area contributed by atoms with Crippen molar-refractivity contribution >= 4 is 5.52 Å².